The van der Waals surface area contributed by atoms with Gasteiger partial charge in [-0.15, -0.1) is 0 Å². The molecular weight excluding hydrogens is 262 g/mol. The van der Waals surface area contributed by atoms with Gasteiger partial charge < -0.3 is 21.1 Å². The van der Waals surface area contributed by atoms with Crippen LogP contribution in [0.4, 0.5) is 0 Å². The van der Waals surface area contributed by atoms with Crippen molar-refractivity contribution in [2.45, 2.75) is 18.5 Å². The molecule has 0 unspecified atom stereocenters. The third kappa shape index (κ3) is 3.90. The van der Waals surface area contributed by atoms with Gasteiger partial charge in [0.15, 0.2) is 5.11 Å². The summed E-state index contributed by atoms with van der Waals surface area (Å²) in [6, 6.07) is 9.94. The molecule has 0 radical (unpaired) electrons. The highest BCUT2D eigenvalue weighted by molar-refractivity contribution is 7.80. The Morgan fingerprint density at radius 3 is 2.58 bits per heavy atom. The van der Waals surface area contributed by atoms with E-state index in [2.05, 4.69) is 10.6 Å². The van der Waals surface area contributed by atoms with E-state index in [1.165, 1.54) is 0 Å². The molecule has 1 aromatic carbocycles. The van der Waals surface area contributed by atoms with Gasteiger partial charge in [-0.05, 0) is 17.8 Å². The van der Waals surface area contributed by atoms with Gasteiger partial charge in [0.1, 0.15) is 0 Å². The van der Waals surface area contributed by atoms with Crippen LogP contribution in [0.2, 0.25) is 0 Å². The summed E-state index contributed by atoms with van der Waals surface area (Å²) in [7, 11) is 0. The molecule has 0 saturated carbocycles. The van der Waals surface area contributed by atoms with Crippen molar-refractivity contribution in [1.29, 1.82) is 0 Å². The highest BCUT2D eigenvalue weighted by Crippen LogP contribution is 2.20. The van der Waals surface area contributed by atoms with Crippen LogP contribution in [0, 0.1) is 0 Å². The Kier molecular flexibility index (Phi) is 4.34. The van der Waals surface area contributed by atoms with Crippen LogP contribution in [0.15, 0.2) is 30.3 Å². The lowest BCUT2D eigenvalue weighted by molar-refractivity contribution is -0.126. The number of nitrogens with two attached hydrogens (primary N) is 1. The third-order valence-corrected chi connectivity index (χ3v) is 3.19. The van der Waals surface area contributed by atoms with Gasteiger partial charge in [-0.3, -0.25) is 4.79 Å². The second-order valence-electron chi connectivity index (χ2n) is 4.71. The number of nitrogens with one attached hydrogen (secondary N) is 2. The number of ether oxygens (including phenoxy) is 1. The van der Waals surface area contributed by atoms with Crippen LogP contribution in [0.5, 0.6) is 0 Å². The van der Waals surface area contributed by atoms with Gasteiger partial charge >= 0.3 is 0 Å². The third-order valence-electron chi connectivity index (χ3n) is 2.94. The molecule has 1 heterocycles. The molecule has 1 aliphatic heterocycles. The summed E-state index contributed by atoms with van der Waals surface area (Å²) in [6.07, 6.45) is 0.222. The maximum atomic E-state index is 11.0. The number of primary amides is 1. The summed E-state index contributed by atoms with van der Waals surface area (Å²) >= 11 is 5.22. The predicted octanol–water partition coefficient (Wildman–Crippen LogP) is 0.295. The highest BCUT2D eigenvalue weighted by atomic mass is 32.1. The van der Waals surface area contributed by atoms with E-state index in [1.54, 1.807) is 0 Å². The maximum Gasteiger partial charge on any atom is 0.219 e. The number of carbonyl (C=O) groups is 1. The molecule has 1 amide bonds. The van der Waals surface area contributed by atoms with Crippen molar-refractivity contribution in [2.24, 2.45) is 5.73 Å². The molecule has 0 aliphatic carbocycles. The van der Waals surface area contributed by atoms with E-state index >= 15 is 0 Å². The quantitative estimate of drug-likeness (QED) is 0.676. The van der Waals surface area contributed by atoms with Crippen molar-refractivity contribution in [2.75, 3.05) is 13.2 Å². The van der Waals surface area contributed by atoms with Crippen molar-refractivity contribution in [3.63, 3.8) is 0 Å². The molecule has 0 spiro atoms. The van der Waals surface area contributed by atoms with Crippen LogP contribution in [-0.4, -0.2) is 29.8 Å². The number of thiocarbonyl (C=S) groups is 1. The first-order valence-corrected chi connectivity index (χ1v) is 6.46. The number of amides is 1. The molecule has 2 rings (SSSR count). The van der Waals surface area contributed by atoms with E-state index in [-0.39, 0.29) is 12.3 Å². The Morgan fingerprint density at radius 2 is 2.05 bits per heavy atom. The SMILES string of the molecule is NC(=O)CC1(NC(=S)NCc2ccccc2)COC1. The molecule has 6 heteroatoms. The topological polar surface area (TPSA) is 76.4 Å². The number of hydrogen-bond acceptors (Lipinski definition) is 3. The van der Waals surface area contributed by atoms with Crippen molar-refractivity contribution in [3.8, 4) is 0 Å². The molecule has 102 valence electrons. The van der Waals surface area contributed by atoms with Crippen LogP contribution in [0.3, 0.4) is 0 Å². The van der Waals surface area contributed by atoms with E-state index in [0.717, 1.165) is 5.56 Å². The lowest BCUT2D eigenvalue weighted by Gasteiger charge is -2.42. The molecule has 0 bridgehead atoms. The number of carbonyl (C=O) groups excluding carboxylic acids is 1. The lowest BCUT2D eigenvalue weighted by atomic mass is 9.93. The molecule has 4 N–H and O–H groups in total. The molecular formula is C13H17N3O2S. The van der Waals surface area contributed by atoms with E-state index in [0.29, 0.717) is 24.9 Å². The minimum atomic E-state index is -0.438. The summed E-state index contributed by atoms with van der Waals surface area (Å²) in [5, 5.41) is 6.74. The van der Waals surface area contributed by atoms with Gasteiger partial charge in [-0.25, -0.2) is 0 Å². The van der Waals surface area contributed by atoms with Gasteiger partial charge in [-0.2, -0.15) is 0 Å². The molecule has 19 heavy (non-hydrogen) atoms. The Morgan fingerprint density at radius 1 is 1.37 bits per heavy atom. The second-order valence-corrected chi connectivity index (χ2v) is 5.12. The smallest absolute Gasteiger partial charge is 0.219 e. The lowest BCUT2D eigenvalue weighted by Crippen LogP contribution is -2.65. The van der Waals surface area contributed by atoms with E-state index < -0.39 is 5.54 Å². The fourth-order valence-corrected chi connectivity index (χ4v) is 2.25. The zero-order valence-electron chi connectivity index (χ0n) is 10.5. The molecule has 1 saturated heterocycles. The first kappa shape index (κ1) is 13.8. The minimum Gasteiger partial charge on any atom is -0.376 e. The summed E-state index contributed by atoms with van der Waals surface area (Å²) in [5.74, 6) is -0.360. The zero-order valence-corrected chi connectivity index (χ0v) is 11.3. The molecule has 1 aromatic rings. The molecule has 1 aliphatic rings. The normalized spacial score (nSPS) is 16.2. The van der Waals surface area contributed by atoms with Crippen LogP contribution in [-0.2, 0) is 16.1 Å². The maximum absolute atomic E-state index is 11.0. The molecule has 5 nitrogen and oxygen atoms in total. The van der Waals surface area contributed by atoms with Gasteiger partial charge in [-0.1, -0.05) is 30.3 Å². The minimum absolute atomic E-state index is 0.222. The Balaban J connectivity index is 1.82. The zero-order chi connectivity index (χ0) is 13.7. The second kappa shape index (κ2) is 5.99. The molecule has 0 aromatic heterocycles. The Bertz CT molecular complexity index is 460. The Labute approximate surface area is 117 Å². The average Bonchev–Trinajstić information content (AvgIpc) is 2.34. The summed E-state index contributed by atoms with van der Waals surface area (Å²) in [5.41, 5.74) is 5.93. The van der Waals surface area contributed by atoms with Gasteiger partial charge in [0.25, 0.3) is 0 Å². The summed E-state index contributed by atoms with van der Waals surface area (Å²) in [6.45, 7) is 1.53. The fraction of sp³-hybridized carbons (Fsp3) is 0.385. The van der Waals surface area contributed by atoms with Crippen LogP contribution >= 0.6 is 12.2 Å². The highest BCUT2D eigenvalue weighted by Gasteiger charge is 2.40. The van der Waals surface area contributed by atoms with Gasteiger partial charge in [0.05, 0.1) is 25.2 Å². The van der Waals surface area contributed by atoms with E-state index in [9.17, 15) is 4.79 Å². The molecule has 0 atom stereocenters. The number of benzene rings is 1. The van der Waals surface area contributed by atoms with Crippen LogP contribution < -0.4 is 16.4 Å². The van der Waals surface area contributed by atoms with Crippen LogP contribution in [0.25, 0.3) is 0 Å². The van der Waals surface area contributed by atoms with Gasteiger partial charge in [0.2, 0.25) is 5.91 Å². The standard InChI is InChI=1S/C13H17N3O2S/c14-11(17)6-13(8-18-9-13)16-12(19)15-7-10-4-2-1-3-5-10/h1-5H,6-9H2,(H2,14,17)(H2,15,16,19). The fourth-order valence-electron chi connectivity index (χ4n) is 1.96. The predicted molar refractivity (Wildman–Crippen MR) is 76.4 cm³/mol. The first-order chi connectivity index (χ1) is 9.10. The Hall–Kier alpha value is -1.66. The monoisotopic (exact) mass is 279 g/mol. The van der Waals surface area contributed by atoms with Crippen molar-refractivity contribution in [1.82, 2.24) is 10.6 Å². The summed E-state index contributed by atoms with van der Waals surface area (Å²) in [4.78, 5) is 11.0. The van der Waals surface area contributed by atoms with E-state index in [4.69, 9.17) is 22.7 Å². The van der Waals surface area contributed by atoms with Crippen LogP contribution in [0.1, 0.15) is 12.0 Å². The number of hydrogen-bond donors (Lipinski definition) is 3. The number of rotatable bonds is 5. The summed E-state index contributed by atoms with van der Waals surface area (Å²) < 4.78 is 5.15. The van der Waals surface area contributed by atoms with E-state index in [1.807, 2.05) is 30.3 Å². The molecule has 1 fully saturated rings. The van der Waals surface area contributed by atoms with Crippen molar-refractivity contribution < 1.29 is 9.53 Å². The largest absolute Gasteiger partial charge is 0.376 e. The van der Waals surface area contributed by atoms with Crippen molar-refractivity contribution in [3.05, 3.63) is 35.9 Å². The average molecular weight is 279 g/mol. The van der Waals surface area contributed by atoms with Crippen molar-refractivity contribution >= 4 is 23.2 Å². The first-order valence-electron chi connectivity index (χ1n) is 6.06. The van der Waals surface area contributed by atoms with Gasteiger partial charge in [0, 0.05) is 6.54 Å².